The molecule has 0 radical (unpaired) electrons. The molecule has 2 aromatic heterocycles. The van der Waals surface area contributed by atoms with E-state index in [0.717, 1.165) is 26.7 Å². The standard InChI is InChI=1S/C14H10BrClN2O/c15-10-5-12(14(16)18-7-10)17-6-9-8-19-13-4-2-1-3-11(9)13/h1-5,7-8,17H,6H2. The van der Waals surface area contributed by atoms with Crippen molar-refractivity contribution < 1.29 is 4.42 Å². The van der Waals surface area contributed by atoms with Crippen molar-refractivity contribution >= 4 is 44.2 Å². The Morgan fingerprint density at radius 3 is 3.05 bits per heavy atom. The van der Waals surface area contributed by atoms with E-state index in [1.54, 1.807) is 12.5 Å². The number of benzene rings is 1. The molecule has 0 fully saturated rings. The predicted molar refractivity (Wildman–Crippen MR) is 80.5 cm³/mol. The van der Waals surface area contributed by atoms with Crippen molar-refractivity contribution in [2.45, 2.75) is 6.54 Å². The zero-order chi connectivity index (χ0) is 13.2. The number of hydrogen-bond donors (Lipinski definition) is 1. The summed E-state index contributed by atoms with van der Waals surface area (Å²) in [5, 5.41) is 4.82. The highest BCUT2D eigenvalue weighted by molar-refractivity contribution is 9.10. The number of nitrogens with zero attached hydrogens (tertiary/aromatic N) is 1. The van der Waals surface area contributed by atoms with E-state index < -0.39 is 0 Å². The van der Waals surface area contributed by atoms with Gasteiger partial charge in [0.2, 0.25) is 0 Å². The number of aromatic nitrogens is 1. The molecule has 1 aromatic carbocycles. The number of para-hydroxylation sites is 1. The number of anilines is 1. The van der Waals surface area contributed by atoms with E-state index in [4.69, 9.17) is 16.0 Å². The first-order chi connectivity index (χ1) is 9.24. The van der Waals surface area contributed by atoms with Crippen molar-refractivity contribution in [3.05, 3.63) is 58.0 Å². The van der Waals surface area contributed by atoms with Crippen molar-refractivity contribution in [1.82, 2.24) is 4.98 Å². The average Bonchev–Trinajstić information content (AvgIpc) is 2.83. The van der Waals surface area contributed by atoms with Crippen LogP contribution in [0, 0.1) is 0 Å². The van der Waals surface area contributed by atoms with Crippen molar-refractivity contribution in [2.24, 2.45) is 0 Å². The van der Waals surface area contributed by atoms with E-state index in [9.17, 15) is 0 Å². The first-order valence-corrected chi connectivity index (χ1v) is 6.91. The zero-order valence-corrected chi connectivity index (χ0v) is 12.2. The minimum absolute atomic E-state index is 0.455. The second kappa shape index (κ2) is 5.23. The van der Waals surface area contributed by atoms with Crippen LogP contribution in [-0.2, 0) is 6.54 Å². The highest BCUT2D eigenvalue weighted by Crippen LogP contribution is 2.25. The molecule has 0 saturated heterocycles. The highest BCUT2D eigenvalue weighted by Gasteiger charge is 2.07. The van der Waals surface area contributed by atoms with Gasteiger partial charge in [-0.25, -0.2) is 4.98 Å². The minimum Gasteiger partial charge on any atom is -0.464 e. The Balaban J connectivity index is 1.84. The number of hydrogen-bond acceptors (Lipinski definition) is 3. The second-order valence-electron chi connectivity index (χ2n) is 4.10. The van der Waals surface area contributed by atoms with Gasteiger partial charge in [-0.2, -0.15) is 0 Å². The molecule has 0 spiro atoms. The van der Waals surface area contributed by atoms with E-state index in [1.165, 1.54) is 0 Å². The Kier molecular flexibility index (Phi) is 3.44. The maximum atomic E-state index is 6.04. The molecule has 3 aromatic rings. The molecule has 96 valence electrons. The third-order valence-corrected chi connectivity index (χ3v) is 3.57. The molecule has 0 amide bonds. The average molecular weight is 338 g/mol. The predicted octanol–water partition coefficient (Wildman–Crippen LogP) is 4.86. The zero-order valence-electron chi connectivity index (χ0n) is 9.86. The first-order valence-electron chi connectivity index (χ1n) is 5.74. The van der Waals surface area contributed by atoms with Crippen LogP contribution in [0.5, 0.6) is 0 Å². The van der Waals surface area contributed by atoms with Gasteiger partial charge in [0.1, 0.15) is 5.58 Å². The molecular weight excluding hydrogens is 328 g/mol. The van der Waals surface area contributed by atoms with Gasteiger partial charge in [0.15, 0.2) is 5.15 Å². The summed E-state index contributed by atoms with van der Waals surface area (Å²) in [5.41, 5.74) is 2.77. The Morgan fingerprint density at radius 2 is 2.16 bits per heavy atom. The first kappa shape index (κ1) is 12.5. The van der Waals surface area contributed by atoms with Gasteiger partial charge in [-0.1, -0.05) is 29.8 Å². The molecule has 1 N–H and O–H groups in total. The molecule has 0 atom stereocenters. The SMILES string of the molecule is Clc1ncc(Br)cc1NCc1coc2ccccc12. The summed E-state index contributed by atoms with van der Waals surface area (Å²) in [6, 6.07) is 9.84. The van der Waals surface area contributed by atoms with Gasteiger partial charge in [0.05, 0.1) is 12.0 Å². The smallest absolute Gasteiger partial charge is 0.152 e. The van der Waals surface area contributed by atoms with Gasteiger partial charge in [-0.15, -0.1) is 0 Å². The van der Waals surface area contributed by atoms with Crippen LogP contribution in [0.15, 0.2) is 51.7 Å². The fourth-order valence-corrected chi connectivity index (χ4v) is 2.41. The minimum atomic E-state index is 0.455. The Bertz CT molecular complexity index is 726. The lowest BCUT2D eigenvalue weighted by atomic mass is 10.2. The summed E-state index contributed by atoms with van der Waals surface area (Å²) < 4.78 is 6.38. The fraction of sp³-hybridized carbons (Fsp3) is 0.0714. The largest absolute Gasteiger partial charge is 0.464 e. The molecule has 0 aliphatic rings. The Morgan fingerprint density at radius 1 is 1.32 bits per heavy atom. The quantitative estimate of drug-likeness (QED) is 0.694. The van der Waals surface area contributed by atoms with Crippen molar-refractivity contribution in [3.63, 3.8) is 0 Å². The summed E-state index contributed by atoms with van der Waals surface area (Å²) in [7, 11) is 0. The van der Waals surface area contributed by atoms with E-state index in [0.29, 0.717) is 11.7 Å². The topological polar surface area (TPSA) is 38.1 Å². The molecule has 5 heteroatoms. The molecule has 0 aliphatic heterocycles. The van der Waals surface area contributed by atoms with Crippen LogP contribution in [-0.4, -0.2) is 4.98 Å². The summed E-state index contributed by atoms with van der Waals surface area (Å²) in [6.07, 6.45) is 3.43. The van der Waals surface area contributed by atoms with Crippen molar-refractivity contribution in [2.75, 3.05) is 5.32 Å². The molecule has 19 heavy (non-hydrogen) atoms. The lowest BCUT2D eigenvalue weighted by molar-refractivity contribution is 0.611. The van der Waals surface area contributed by atoms with Crippen LogP contribution in [0.1, 0.15) is 5.56 Å². The molecule has 3 rings (SSSR count). The van der Waals surface area contributed by atoms with E-state index in [-0.39, 0.29) is 0 Å². The van der Waals surface area contributed by atoms with Crippen LogP contribution in [0.25, 0.3) is 11.0 Å². The maximum Gasteiger partial charge on any atom is 0.152 e. The third-order valence-electron chi connectivity index (χ3n) is 2.84. The van der Waals surface area contributed by atoms with Gasteiger partial charge >= 0.3 is 0 Å². The van der Waals surface area contributed by atoms with Gasteiger partial charge in [-0.3, -0.25) is 0 Å². The Labute approximate surface area is 123 Å². The van der Waals surface area contributed by atoms with Gasteiger partial charge < -0.3 is 9.73 Å². The fourth-order valence-electron chi connectivity index (χ4n) is 1.91. The molecule has 2 heterocycles. The summed E-state index contributed by atoms with van der Waals surface area (Å²) >= 11 is 9.41. The molecule has 0 aliphatic carbocycles. The van der Waals surface area contributed by atoms with E-state index in [1.807, 2.05) is 30.3 Å². The van der Waals surface area contributed by atoms with Gasteiger partial charge in [0.25, 0.3) is 0 Å². The van der Waals surface area contributed by atoms with E-state index >= 15 is 0 Å². The number of pyridine rings is 1. The summed E-state index contributed by atoms with van der Waals surface area (Å²) in [6.45, 7) is 0.634. The van der Waals surface area contributed by atoms with Crippen LogP contribution in [0.2, 0.25) is 5.15 Å². The lowest BCUT2D eigenvalue weighted by Crippen LogP contribution is -2.00. The number of nitrogens with one attached hydrogen (secondary N) is 1. The summed E-state index contributed by atoms with van der Waals surface area (Å²) in [4.78, 5) is 4.07. The van der Waals surface area contributed by atoms with E-state index in [2.05, 4.69) is 26.2 Å². The summed E-state index contributed by atoms with van der Waals surface area (Å²) in [5.74, 6) is 0. The number of halogens is 2. The van der Waals surface area contributed by atoms with Crippen molar-refractivity contribution in [1.29, 1.82) is 0 Å². The number of rotatable bonds is 3. The molecule has 3 nitrogen and oxygen atoms in total. The van der Waals surface area contributed by atoms with Crippen LogP contribution < -0.4 is 5.32 Å². The number of furan rings is 1. The monoisotopic (exact) mass is 336 g/mol. The normalized spacial score (nSPS) is 10.8. The van der Waals surface area contributed by atoms with Gasteiger partial charge in [0, 0.05) is 28.2 Å². The lowest BCUT2D eigenvalue weighted by Gasteiger charge is -2.07. The van der Waals surface area contributed by atoms with Crippen LogP contribution in [0.4, 0.5) is 5.69 Å². The second-order valence-corrected chi connectivity index (χ2v) is 5.38. The highest BCUT2D eigenvalue weighted by atomic mass is 79.9. The third kappa shape index (κ3) is 2.60. The molecule has 0 saturated carbocycles. The number of fused-ring (bicyclic) bond motifs is 1. The molecular formula is C14H10BrClN2O. The van der Waals surface area contributed by atoms with Crippen LogP contribution in [0.3, 0.4) is 0 Å². The maximum absolute atomic E-state index is 6.04. The Hall–Kier alpha value is -1.52. The molecule has 0 unspecified atom stereocenters. The van der Waals surface area contributed by atoms with Crippen LogP contribution >= 0.6 is 27.5 Å². The van der Waals surface area contributed by atoms with Gasteiger partial charge in [-0.05, 0) is 28.1 Å². The molecule has 0 bridgehead atoms. The van der Waals surface area contributed by atoms with Crippen molar-refractivity contribution in [3.8, 4) is 0 Å².